The van der Waals surface area contributed by atoms with Gasteiger partial charge in [-0.15, -0.1) is 0 Å². The molecule has 3 fully saturated rings. The number of fused-ring (bicyclic) bond motifs is 5. The molecule has 0 unspecified atom stereocenters. The van der Waals surface area contributed by atoms with Gasteiger partial charge in [-0.3, -0.25) is 4.79 Å². The maximum absolute atomic E-state index is 12.8. The molecule has 0 saturated heterocycles. The average molecular weight is 318 g/mol. The molecule has 4 aliphatic rings. The van der Waals surface area contributed by atoms with Gasteiger partial charge in [-0.2, -0.15) is 0 Å². The lowest BCUT2D eigenvalue weighted by molar-refractivity contribution is -0.130. The minimum absolute atomic E-state index is 0.00286. The fraction of sp³-hybridized carbons (Fsp3) is 0.850. The Labute approximate surface area is 139 Å². The van der Waals surface area contributed by atoms with Crippen LogP contribution in [0.25, 0.3) is 0 Å². The summed E-state index contributed by atoms with van der Waals surface area (Å²) in [6.07, 6.45) is 8.77. The lowest BCUT2D eigenvalue weighted by Gasteiger charge is -2.57. The van der Waals surface area contributed by atoms with Gasteiger partial charge < -0.3 is 10.2 Å². The molecule has 0 heterocycles. The molecule has 4 rings (SSSR count). The fourth-order valence-corrected chi connectivity index (χ4v) is 6.82. The molecule has 3 saturated carbocycles. The number of hydrogen-bond acceptors (Lipinski definition) is 3. The summed E-state index contributed by atoms with van der Waals surface area (Å²) in [6.45, 7) is 4.79. The highest BCUT2D eigenvalue weighted by molar-refractivity contribution is 5.85. The van der Waals surface area contributed by atoms with Gasteiger partial charge in [-0.1, -0.05) is 25.5 Å². The van der Waals surface area contributed by atoms with Crippen LogP contribution >= 0.6 is 0 Å². The van der Waals surface area contributed by atoms with Crippen molar-refractivity contribution in [3.63, 3.8) is 0 Å². The Morgan fingerprint density at radius 2 is 2.00 bits per heavy atom. The smallest absolute Gasteiger partial charge is 0.137 e. The van der Waals surface area contributed by atoms with Crippen molar-refractivity contribution in [1.82, 2.24) is 0 Å². The highest BCUT2D eigenvalue weighted by Crippen LogP contribution is 2.65. The Bertz CT molecular complexity index is 553. The molecule has 3 heteroatoms. The molecule has 128 valence electrons. The Kier molecular flexibility index (Phi) is 3.55. The molecule has 0 amide bonds. The highest BCUT2D eigenvalue weighted by Gasteiger charge is 2.61. The summed E-state index contributed by atoms with van der Waals surface area (Å²) in [6, 6.07) is 0. The van der Waals surface area contributed by atoms with Crippen LogP contribution in [-0.2, 0) is 4.79 Å². The largest absolute Gasteiger partial charge is 0.396 e. The minimum Gasteiger partial charge on any atom is -0.396 e. The number of aliphatic hydroxyl groups excluding tert-OH is 2. The number of carbonyl (C=O) groups excluding carboxylic acids is 1. The number of carbonyl (C=O) groups is 1. The second-order valence-corrected chi connectivity index (χ2v) is 9.12. The van der Waals surface area contributed by atoms with Gasteiger partial charge in [0.2, 0.25) is 0 Å². The molecule has 0 aromatic carbocycles. The molecule has 2 N–H and O–H groups in total. The van der Waals surface area contributed by atoms with E-state index in [1.165, 1.54) is 12.0 Å². The zero-order chi connectivity index (χ0) is 16.4. The molecular weight excluding hydrogens is 288 g/mol. The predicted octanol–water partition coefficient (Wildman–Crippen LogP) is 3.10. The summed E-state index contributed by atoms with van der Waals surface area (Å²) in [5.41, 5.74) is 1.63. The van der Waals surface area contributed by atoms with Crippen LogP contribution < -0.4 is 0 Å². The van der Waals surface area contributed by atoms with Gasteiger partial charge in [0, 0.05) is 18.9 Å². The van der Waals surface area contributed by atoms with E-state index < -0.39 is 0 Å². The van der Waals surface area contributed by atoms with Gasteiger partial charge in [0.05, 0.1) is 6.10 Å². The molecular formula is C20H30O3. The van der Waals surface area contributed by atoms with E-state index in [4.69, 9.17) is 0 Å². The van der Waals surface area contributed by atoms with Crippen molar-refractivity contribution < 1.29 is 15.0 Å². The Hall–Kier alpha value is -0.670. The molecule has 0 aromatic heterocycles. The summed E-state index contributed by atoms with van der Waals surface area (Å²) in [7, 11) is 0. The molecule has 3 nitrogen and oxygen atoms in total. The first-order valence-corrected chi connectivity index (χ1v) is 9.41. The second kappa shape index (κ2) is 5.16. The first kappa shape index (κ1) is 15.8. The van der Waals surface area contributed by atoms with Gasteiger partial charge in [-0.05, 0) is 67.1 Å². The van der Waals surface area contributed by atoms with E-state index in [-0.39, 0.29) is 35.4 Å². The van der Waals surface area contributed by atoms with Crippen molar-refractivity contribution in [2.75, 3.05) is 6.61 Å². The quantitative estimate of drug-likeness (QED) is 0.731. The third-order valence-corrected chi connectivity index (χ3v) is 8.24. The lowest BCUT2D eigenvalue weighted by Crippen LogP contribution is -2.51. The van der Waals surface area contributed by atoms with E-state index >= 15 is 0 Å². The van der Waals surface area contributed by atoms with E-state index in [1.807, 2.05) is 0 Å². The standard InChI is InChI=1S/C20H30O3/c1-19-7-5-14(22)9-12(19)3-4-15-16(19)6-8-20(2)13(11-21)10-17(23)18(15)20/h3,13-16,18,21-22H,4-11H2,1-2H3/t13-,14-,15+,16-,18+,19-,20+/m0/s1. The van der Waals surface area contributed by atoms with Crippen LogP contribution in [-0.4, -0.2) is 28.7 Å². The number of rotatable bonds is 1. The number of ketones is 1. The Morgan fingerprint density at radius 3 is 2.74 bits per heavy atom. The van der Waals surface area contributed by atoms with Crippen molar-refractivity contribution in [1.29, 1.82) is 0 Å². The van der Waals surface area contributed by atoms with Crippen molar-refractivity contribution in [2.24, 2.45) is 34.5 Å². The lowest BCUT2D eigenvalue weighted by atomic mass is 9.47. The molecule has 0 spiro atoms. The summed E-state index contributed by atoms with van der Waals surface area (Å²) >= 11 is 0. The van der Waals surface area contributed by atoms with Crippen LogP contribution in [0, 0.1) is 34.5 Å². The zero-order valence-electron chi connectivity index (χ0n) is 14.4. The molecule has 0 bridgehead atoms. The first-order chi connectivity index (χ1) is 10.9. The molecule has 23 heavy (non-hydrogen) atoms. The first-order valence-electron chi connectivity index (χ1n) is 9.41. The van der Waals surface area contributed by atoms with Crippen LogP contribution in [0.5, 0.6) is 0 Å². The molecule has 7 atom stereocenters. The van der Waals surface area contributed by atoms with E-state index in [0.29, 0.717) is 24.0 Å². The van der Waals surface area contributed by atoms with Crippen LogP contribution in [0.15, 0.2) is 11.6 Å². The van der Waals surface area contributed by atoms with Crippen molar-refractivity contribution in [3.8, 4) is 0 Å². The maximum Gasteiger partial charge on any atom is 0.137 e. The van der Waals surface area contributed by atoms with Gasteiger partial charge in [-0.25, -0.2) is 0 Å². The molecule has 0 radical (unpaired) electrons. The van der Waals surface area contributed by atoms with Gasteiger partial charge in [0.15, 0.2) is 0 Å². The van der Waals surface area contributed by atoms with Crippen molar-refractivity contribution in [2.45, 2.75) is 64.9 Å². The van der Waals surface area contributed by atoms with Crippen molar-refractivity contribution >= 4 is 5.78 Å². The number of hydrogen-bond donors (Lipinski definition) is 2. The van der Waals surface area contributed by atoms with Gasteiger partial charge in [0.25, 0.3) is 0 Å². The molecule has 0 aromatic rings. The Morgan fingerprint density at radius 1 is 1.22 bits per heavy atom. The number of allylic oxidation sites excluding steroid dienone is 1. The normalized spacial score (nSPS) is 52.4. The fourth-order valence-electron chi connectivity index (χ4n) is 6.82. The zero-order valence-corrected chi connectivity index (χ0v) is 14.4. The van der Waals surface area contributed by atoms with Crippen LogP contribution in [0.2, 0.25) is 0 Å². The monoisotopic (exact) mass is 318 g/mol. The summed E-state index contributed by atoms with van der Waals surface area (Å²) in [4.78, 5) is 12.8. The van der Waals surface area contributed by atoms with E-state index in [0.717, 1.165) is 32.1 Å². The third-order valence-electron chi connectivity index (χ3n) is 8.24. The number of Topliss-reactive ketones (excluding diaryl/α,β-unsaturated/α-hetero) is 1. The number of aliphatic hydroxyl groups is 2. The van der Waals surface area contributed by atoms with Gasteiger partial charge >= 0.3 is 0 Å². The second-order valence-electron chi connectivity index (χ2n) is 9.12. The van der Waals surface area contributed by atoms with E-state index in [2.05, 4.69) is 19.9 Å². The van der Waals surface area contributed by atoms with Crippen LogP contribution in [0.1, 0.15) is 58.8 Å². The average Bonchev–Trinajstić information content (AvgIpc) is 2.79. The molecule has 0 aliphatic heterocycles. The van der Waals surface area contributed by atoms with Crippen LogP contribution in [0.4, 0.5) is 0 Å². The van der Waals surface area contributed by atoms with Gasteiger partial charge in [0.1, 0.15) is 5.78 Å². The summed E-state index contributed by atoms with van der Waals surface area (Å²) in [5.74, 6) is 1.72. The predicted molar refractivity (Wildman–Crippen MR) is 88.7 cm³/mol. The third kappa shape index (κ3) is 2.05. The van der Waals surface area contributed by atoms with E-state index in [1.54, 1.807) is 0 Å². The minimum atomic E-state index is -0.174. The SMILES string of the molecule is C[C@]12CC[C@H]3[C@@H](CC=C4C[C@@H](O)CC[C@@]43C)[C@@H]1C(=O)C[C@H]2CO. The highest BCUT2D eigenvalue weighted by atomic mass is 16.3. The van der Waals surface area contributed by atoms with Crippen LogP contribution in [0.3, 0.4) is 0 Å². The molecule has 4 aliphatic carbocycles. The van der Waals surface area contributed by atoms with Crippen molar-refractivity contribution in [3.05, 3.63) is 11.6 Å². The summed E-state index contributed by atoms with van der Waals surface area (Å²) in [5, 5.41) is 19.8. The Balaban J connectivity index is 1.70. The maximum atomic E-state index is 12.8. The summed E-state index contributed by atoms with van der Waals surface area (Å²) < 4.78 is 0. The van der Waals surface area contributed by atoms with E-state index in [9.17, 15) is 15.0 Å². The topological polar surface area (TPSA) is 57.5 Å².